The molecule has 132 valence electrons. The van der Waals surface area contributed by atoms with E-state index in [2.05, 4.69) is 27.2 Å². The van der Waals surface area contributed by atoms with Gasteiger partial charge in [-0.05, 0) is 38.1 Å². The van der Waals surface area contributed by atoms with E-state index in [1.807, 2.05) is 37.4 Å². The highest BCUT2D eigenvalue weighted by Gasteiger charge is 2.24. The molecule has 0 saturated carbocycles. The van der Waals surface area contributed by atoms with Crippen LogP contribution in [0, 0.1) is 5.92 Å². The van der Waals surface area contributed by atoms with Crippen LogP contribution in [0.5, 0.6) is 5.75 Å². The van der Waals surface area contributed by atoms with Gasteiger partial charge in [-0.2, -0.15) is 0 Å². The second-order valence-electron chi connectivity index (χ2n) is 6.96. The van der Waals surface area contributed by atoms with E-state index in [0.29, 0.717) is 6.10 Å². The third kappa shape index (κ3) is 4.63. The van der Waals surface area contributed by atoms with Gasteiger partial charge in [0, 0.05) is 46.1 Å². The molecule has 1 aromatic carbocycles. The molecule has 1 aromatic rings. The zero-order chi connectivity index (χ0) is 16.8. The lowest BCUT2D eigenvalue weighted by Crippen LogP contribution is -2.48. The third-order valence-corrected chi connectivity index (χ3v) is 5.04. The largest absolute Gasteiger partial charge is 0.490 e. The van der Waals surface area contributed by atoms with Gasteiger partial charge in [-0.25, -0.2) is 0 Å². The van der Waals surface area contributed by atoms with Crippen LogP contribution in [-0.4, -0.2) is 68.7 Å². The fourth-order valence-corrected chi connectivity index (χ4v) is 3.64. The van der Waals surface area contributed by atoms with Crippen LogP contribution in [-0.2, 0) is 0 Å². The molecule has 1 atom stereocenters. The van der Waals surface area contributed by atoms with Crippen LogP contribution >= 0.6 is 0 Å². The standard InChI is InChI=1S/C19H30N4O/c1-20-19(21-14-16-8-11-22(2)15-16)23-12-9-18(10-13-23)24-17-6-4-3-5-7-17/h3-7,16,18H,8-15H2,1-2H3,(H,20,21). The van der Waals surface area contributed by atoms with Crippen molar-refractivity contribution in [1.82, 2.24) is 15.1 Å². The molecule has 0 amide bonds. The number of nitrogens with zero attached hydrogens (tertiary/aromatic N) is 3. The highest BCUT2D eigenvalue weighted by molar-refractivity contribution is 5.80. The lowest BCUT2D eigenvalue weighted by Gasteiger charge is -2.34. The topological polar surface area (TPSA) is 40.1 Å². The van der Waals surface area contributed by atoms with E-state index in [4.69, 9.17) is 4.74 Å². The Morgan fingerprint density at radius 3 is 2.54 bits per heavy atom. The van der Waals surface area contributed by atoms with Gasteiger partial charge in [-0.1, -0.05) is 18.2 Å². The van der Waals surface area contributed by atoms with Gasteiger partial charge in [0.15, 0.2) is 5.96 Å². The van der Waals surface area contributed by atoms with Crippen molar-refractivity contribution in [1.29, 1.82) is 0 Å². The van der Waals surface area contributed by atoms with Crippen molar-refractivity contribution in [2.45, 2.75) is 25.4 Å². The van der Waals surface area contributed by atoms with E-state index in [9.17, 15) is 0 Å². The highest BCUT2D eigenvalue weighted by Crippen LogP contribution is 2.19. The molecule has 24 heavy (non-hydrogen) atoms. The SMILES string of the molecule is CN=C(NCC1CCN(C)C1)N1CCC(Oc2ccccc2)CC1. The normalized spacial score (nSPS) is 23.5. The second kappa shape index (κ2) is 8.38. The minimum atomic E-state index is 0.310. The summed E-state index contributed by atoms with van der Waals surface area (Å²) in [5.74, 6) is 2.76. The predicted octanol–water partition coefficient (Wildman–Crippen LogP) is 2.06. The van der Waals surface area contributed by atoms with E-state index in [1.165, 1.54) is 19.5 Å². The summed E-state index contributed by atoms with van der Waals surface area (Å²) < 4.78 is 6.08. The Morgan fingerprint density at radius 2 is 1.92 bits per heavy atom. The summed E-state index contributed by atoms with van der Waals surface area (Å²) in [6, 6.07) is 10.1. The number of hydrogen-bond donors (Lipinski definition) is 1. The van der Waals surface area contributed by atoms with Crippen molar-refractivity contribution in [2.24, 2.45) is 10.9 Å². The van der Waals surface area contributed by atoms with Crippen molar-refractivity contribution in [3.63, 3.8) is 0 Å². The molecular formula is C19H30N4O. The number of piperidine rings is 1. The maximum absolute atomic E-state index is 6.08. The minimum Gasteiger partial charge on any atom is -0.490 e. The van der Waals surface area contributed by atoms with Gasteiger partial charge in [0.05, 0.1) is 0 Å². The number of hydrogen-bond acceptors (Lipinski definition) is 3. The molecule has 0 bridgehead atoms. The van der Waals surface area contributed by atoms with Gasteiger partial charge in [-0.3, -0.25) is 4.99 Å². The molecule has 1 N–H and O–H groups in total. The number of aliphatic imine (C=N–C) groups is 1. The number of rotatable bonds is 4. The van der Waals surface area contributed by atoms with E-state index in [1.54, 1.807) is 0 Å². The smallest absolute Gasteiger partial charge is 0.193 e. The molecule has 0 radical (unpaired) electrons. The van der Waals surface area contributed by atoms with Gasteiger partial charge in [0.25, 0.3) is 0 Å². The molecule has 0 spiro atoms. The van der Waals surface area contributed by atoms with Crippen LogP contribution < -0.4 is 10.1 Å². The van der Waals surface area contributed by atoms with Gasteiger partial charge in [0.2, 0.25) is 0 Å². The molecule has 1 unspecified atom stereocenters. The van der Waals surface area contributed by atoms with Gasteiger partial charge in [0.1, 0.15) is 11.9 Å². The van der Waals surface area contributed by atoms with Crippen LogP contribution in [0.1, 0.15) is 19.3 Å². The number of benzene rings is 1. The van der Waals surface area contributed by atoms with Crippen molar-refractivity contribution < 1.29 is 4.74 Å². The number of para-hydroxylation sites is 1. The average molecular weight is 330 g/mol. The monoisotopic (exact) mass is 330 g/mol. The molecule has 2 aliphatic heterocycles. The first-order valence-electron chi connectivity index (χ1n) is 9.10. The molecule has 5 nitrogen and oxygen atoms in total. The van der Waals surface area contributed by atoms with Gasteiger partial charge in [-0.15, -0.1) is 0 Å². The maximum atomic E-state index is 6.08. The Hall–Kier alpha value is -1.75. The van der Waals surface area contributed by atoms with Crippen LogP contribution in [0.4, 0.5) is 0 Å². The van der Waals surface area contributed by atoms with Crippen LogP contribution in [0.25, 0.3) is 0 Å². The van der Waals surface area contributed by atoms with Crippen LogP contribution in [0.3, 0.4) is 0 Å². The molecular weight excluding hydrogens is 300 g/mol. The Balaban J connectivity index is 1.42. The van der Waals surface area contributed by atoms with Crippen LogP contribution in [0.2, 0.25) is 0 Å². The lowest BCUT2D eigenvalue weighted by molar-refractivity contribution is 0.129. The maximum Gasteiger partial charge on any atom is 0.193 e. The number of guanidine groups is 1. The van der Waals surface area contributed by atoms with Crippen molar-refractivity contribution >= 4 is 5.96 Å². The Kier molecular flexibility index (Phi) is 5.96. The fourth-order valence-electron chi connectivity index (χ4n) is 3.64. The van der Waals surface area contributed by atoms with Crippen molar-refractivity contribution in [3.8, 4) is 5.75 Å². The fraction of sp³-hybridized carbons (Fsp3) is 0.632. The molecule has 2 heterocycles. The Bertz CT molecular complexity index is 525. The molecule has 0 aromatic heterocycles. The van der Waals surface area contributed by atoms with E-state index >= 15 is 0 Å². The molecule has 2 fully saturated rings. The predicted molar refractivity (Wildman–Crippen MR) is 98.6 cm³/mol. The molecule has 2 aliphatic rings. The van der Waals surface area contributed by atoms with Gasteiger partial charge >= 0.3 is 0 Å². The van der Waals surface area contributed by atoms with Crippen molar-refractivity contribution in [2.75, 3.05) is 46.8 Å². The molecule has 5 heteroatoms. The third-order valence-electron chi connectivity index (χ3n) is 5.04. The quantitative estimate of drug-likeness (QED) is 0.678. The zero-order valence-corrected chi connectivity index (χ0v) is 14.9. The summed E-state index contributed by atoms with van der Waals surface area (Å²) in [4.78, 5) is 9.25. The molecule has 2 saturated heterocycles. The Morgan fingerprint density at radius 1 is 1.17 bits per heavy atom. The van der Waals surface area contributed by atoms with Gasteiger partial charge < -0.3 is 19.9 Å². The summed E-state index contributed by atoms with van der Waals surface area (Å²) in [5.41, 5.74) is 0. The number of likely N-dealkylation sites (tertiary alicyclic amines) is 2. The molecule has 3 rings (SSSR count). The van der Waals surface area contributed by atoms with E-state index in [-0.39, 0.29) is 0 Å². The summed E-state index contributed by atoms with van der Waals surface area (Å²) >= 11 is 0. The average Bonchev–Trinajstić information content (AvgIpc) is 3.03. The zero-order valence-electron chi connectivity index (χ0n) is 14.9. The lowest BCUT2D eigenvalue weighted by atomic mass is 10.1. The number of ether oxygens (including phenoxy) is 1. The first-order valence-corrected chi connectivity index (χ1v) is 9.10. The van der Waals surface area contributed by atoms with E-state index in [0.717, 1.165) is 50.1 Å². The summed E-state index contributed by atoms with van der Waals surface area (Å²) in [5, 5.41) is 3.57. The molecule has 0 aliphatic carbocycles. The van der Waals surface area contributed by atoms with E-state index < -0.39 is 0 Å². The summed E-state index contributed by atoms with van der Waals surface area (Å²) in [7, 11) is 4.09. The highest BCUT2D eigenvalue weighted by atomic mass is 16.5. The first-order chi connectivity index (χ1) is 11.7. The Labute approximate surface area is 145 Å². The first kappa shape index (κ1) is 17.1. The summed E-state index contributed by atoms with van der Waals surface area (Å²) in [6.07, 6.45) is 3.68. The minimum absolute atomic E-state index is 0.310. The van der Waals surface area contributed by atoms with Crippen molar-refractivity contribution in [3.05, 3.63) is 30.3 Å². The summed E-state index contributed by atoms with van der Waals surface area (Å²) in [6.45, 7) is 5.44. The second-order valence-corrected chi connectivity index (χ2v) is 6.96. The van der Waals surface area contributed by atoms with Crippen LogP contribution in [0.15, 0.2) is 35.3 Å². The number of nitrogens with one attached hydrogen (secondary N) is 1.